The largest absolute Gasteiger partial charge is 0.352 e. The molecule has 3 aromatic rings. The molecule has 3 rings (SSSR count). The average molecular weight is 385 g/mol. The Kier molecular flexibility index (Phi) is 5.46. The summed E-state index contributed by atoms with van der Waals surface area (Å²) in [5.41, 5.74) is 3.09. The molecule has 1 aromatic carbocycles. The predicted molar refractivity (Wildman–Crippen MR) is 107 cm³/mol. The van der Waals surface area contributed by atoms with Gasteiger partial charge in [-0.25, -0.2) is 4.98 Å². The van der Waals surface area contributed by atoms with E-state index in [-0.39, 0.29) is 16.8 Å². The van der Waals surface area contributed by atoms with E-state index in [1.165, 1.54) is 0 Å². The van der Waals surface area contributed by atoms with Crippen molar-refractivity contribution < 1.29 is 9.59 Å². The summed E-state index contributed by atoms with van der Waals surface area (Å²) in [4.78, 5) is 28.9. The Labute approximate surface area is 162 Å². The number of nitrogens with one attached hydrogen (secondary N) is 2. The first-order chi connectivity index (χ1) is 12.8. The number of fused-ring (bicyclic) bond motifs is 1. The Morgan fingerprint density at radius 2 is 1.96 bits per heavy atom. The summed E-state index contributed by atoms with van der Waals surface area (Å²) in [6.07, 6.45) is 3.56. The van der Waals surface area contributed by atoms with Crippen LogP contribution < -0.4 is 10.6 Å². The van der Waals surface area contributed by atoms with Crippen molar-refractivity contribution in [1.29, 1.82) is 0 Å². The van der Waals surface area contributed by atoms with Crippen LogP contribution in [0.1, 0.15) is 40.3 Å². The molecule has 2 heterocycles. The van der Waals surface area contributed by atoms with Crippen molar-refractivity contribution in [3.8, 4) is 0 Å². The zero-order valence-electron chi connectivity index (χ0n) is 15.4. The minimum Gasteiger partial charge on any atom is -0.352 e. The van der Waals surface area contributed by atoms with Gasteiger partial charge < -0.3 is 15.0 Å². The Morgan fingerprint density at radius 3 is 2.67 bits per heavy atom. The van der Waals surface area contributed by atoms with Gasteiger partial charge in [-0.15, -0.1) is 0 Å². The van der Waals surface area contributed by atoms with Gasteiger partial charge in [-0.2, -0.15) is 0 Å². The fraction of sp³-hybridized carbons (Fsp3) is 0.250. The van der Waals surface area contributed by atoms with E-state index in [0.29, 0.717) is 34.9 Å². The van der Waals surface area contributed by atoms with Gasteiger partial charge >= 0.3 is 0 Å². The molecule has 2 aromatic heterocycles. The maximum Gasteiger partial charge on any atom is 0.255 e. The molecule has 0 spiro atoms. The van der Waals surface area contributed by atoms with Crippen LogP contribution in [0.15, 0.2) is 42.7 Å². The molecule has 0 aliphatic rings. The Morgan fingerprint density at radius 1 is 1.19 bits per heavy atom. The van der Waals surface area contributed by atoms with Crippen LogP contribution in [-0.2, 0) is 0 Å². The number of amides is 2. The molecule has 0 aliphatic heterocycles. The molecule has 0 unspecified atom stereocenters. The van der Waals surface area contributed by atoms with Crippen molar-refractivity contribution in [2.75, 3.05) is 11.9 Å². The Balaban J connectivity index is 1.73. The van der Waals surface area contributed by atoms with Gasteiger partial charge in [0.15, 0.2) is 0 Å². The monoisotopic (exact) mass is 384 g/mol. The van der Waals surface area contributed by atoms with Gasteiger partial charge in [0.05, 0.1) is 10.6 Å². The molecule has 27 heavy (non-hydrogen) atoms. The van der Waals surface area contributed by atoms with Crippen molar-refractivity contribution in [2.24, 2.45) is 5.92 Å². The molecular weight excluding hydrogens is 364 g/mol. The highest BCUT2D eigenvalue weighted by molar-refractivity contribution is 6.34. The first kappa shape index (κ1) is 18.9. The number of carbonyl (C=O) groups is 2. The molecule has 2 N–H and O–H groups in total. The fourth-order valence-corrected chi connectivity index (χ4v) is 2.89. The number of nitrogens with zero attached hydrogens (tertiary/aromatic N) is 2. The maximum atomic E-state index is 12.5. The van der Waals surface area contributed by atoms with Crippen molar-refractivity contribution in [1.82, 2.24) is 14.7 Å². The van der Waals surface area contributed by atoms with E-state index in [1.807, 2.05) is 31.4 Å². The first-order valence-corrected chi connectivity index (χ1v) is 9.05. The number of imidazole rings is 1. The predicted octanol–water partition coefficient (Wildman–Crippen LogP) is 3.93. The van der Waals surface area contributed by atoms with E-state index >= 15 is 0 Å². The van der Waals surface area contributed by atoms with Crippen molar-refractivity contribution >= 4 is 34.7 Å². The molecule has 0 atom stereocenters. The lowest BCUT2D eigenvalue weighted by molar-refractivity contribution is 0.0948. The lowest BCUT2D eigenvalue weighted by Crippen LogP contribution is -2.27. The van der Waals surface area contributed by atoms with Gasteiger partial charge in [0.25, 0.3) is 11.8 Å². The van der Waals surface area contributed by atoms with E-state index in [1.54, 1.807) is 36.5 Å². The van der Waals surface area contributed by atoms with Crippen LogP contribution in [-0.4, -0.2) is 27.7 Å². The molecule has 0 aliphatic carbocycles. The normalized spacial score (nSPS) is 11.0. The minimum absolute atomic E-state index is 0.230. The first-order valence-electron chi connectivity index (χ1n) is 8.68. The number of benzene rings is 1. The highest BCUT2D eigenvalue weighted by atomic mass is 35.5. The quantitative estimate of drug-likeness (QED) is 0.699. The number of rotatable bonds is 5. The molecule has 0 saturated heterocycles. The molecule has 0 bridgehead atoms. The topological polar surface area (TPSA) is 75.5 Å². The standard InChI is InChI=1S/C20H21ClN4O2/c1-12(2)10-23-20(27)16-5-4-15(9-17(16)21)24-19(26)14-6-7-25-13(3)11-22-18(25)8-14/h4-9,11-12H,10H2,1-3H3,(H,23,27)(H,24,26). The molecule has 2 amide bonds. The summed E-state index contributed by atoms with van der Waals surface area (Å²) >= 11 is 6.22. The lowest BCUT2D eigenvalue weighted by atomic mass is 10.1. The van der Waals surface area contributed by atoms with Gasteiger partial charge in [0.1, 0.15) is 5.65 Å². The summed E-state index contributed by atoms with van der Waals surface area (Å²) in [5.74, 6) is -0.152. The van der Waals surface area contributed by atoms with Crippen LogP contribution in [0, 0.1) is 12.8 Å². The summed E-state index contributed by atoms with van der Waals surface area (Å²) in [6.45, 7) is 6.55. The second-order valence-corrected chi connectivity index (χ2v) is 7.20. The molecule has 0 fully saturated rings. The SMILES string of the molecule is Cc1cnc2cc(C(=O)Nc3ccc(C(=O)NCC(C)C)c(Cl)c3)ccn12. The van der Waals surface area contributed by atoms with E-state index in [9.17, 15) is 9.59 Å². The number of hydrogen-bond donors (Lipinski definition) is 2. The van der Waals surface area contributed by atoms with Crippen LogP contribution in [0.25, 0.3) is 5.65 Å². The van der Waals surface area contributed by atoms with E-state index in [2.05, 4.69) is 15.6 Å². The molecule has 0 saturated carbocycles. The molecule has 7 heteroatoms. The van der Waals surface area contributed by atoms with Crippen LogP contribution in [0.2, 0.25) is 5.02 Å². The van der Waals surface area contributed by atoms with Gasteiger partial charge in [-0.05, 0) is 43.2 Å². The number of anilines is 1. The third kappa shape index (κ3) is 4.28. The van der Waals surface area contributed by atoms with Crippen molar-refractivity contribution in [3.05, 3.63) is 64.6 Å². The fourth-order valence-electron chi connectivity index (χ4n) is 2.62. The highest BCUT2D eigenvalue weighted by Crippen LogP contribution is 2.22. The maximum absolute atomic E-state index is 12.5. The summed E-state index contributed by atoms with van der Waals surface area (Å²) in [5, 5.41) is 5.90. The second kappa shape index (κ2) is 7.80. The minimum atomic E-state index is -0.272. The Hall–Kier alpha value is -2.86. The summed E-state index contributed by atoms with van der Waals surface area (Å²) in [6, 6.07) is 8.28. The summed E-state index contributed by atoms with van der Waals surface area (Å²) in [7, 11) is 0. The smallest absolute Gasteiger partial charge is 0.255 e. The second-order valence-electron chi connectivity index (χ2n) is 6.80. The van der Waals surface area contributed by atoms with Gasteiger partial charge in [-0.3, -0.25) is 9.59 Å². The number of halogens is 1. The van der Waals surface area contributed by atoms with Gasteiger partial charge in [-0.1, -0.05) is 25.4 Å². The van der Waals surface area contributed by atoms with Crippen LogP contribution in [0.4, 0.5) is 5.69 Å². The number of aromatic nitrogens is 2. The third-order valence-electron chi connectivity index (χ3n) is 4.10. The highest BCUT2D eigenvalue weighted by Gasteiger charge is 2.13. The van der Waals surface area contributed by atoms with Crippen molar-refractivity contribution in [3.63, 3.8) is 0 Å². The van der Waals surface area contributed by atoms with Gasteiger partial charge in [0.2, 0.25) is 0 Å². The molecule has 0 radical (unpaired) electrons. The zero-order valence-corrected chi connectivity index (χ0v) is 16.2. The molecule has 6 nitrogen and oxygen atoms in total. The van der Waals surface area contributed by atoms with Crippen LogP contribution >= 0.6 is 11.6 Å². The third-order valence-corrected chi connectivity index (χ3v) is 4.42. The number of carbonyl (C=O) groups excluding carboxylic acids is 2. The molecular formula is C20H21ClN4O2. The summed E-state index contributed by atoms with van der Waals surface area (Å²) < 4.78 is 1.90. The lowest BCUT2D eigenvalue weighted by Gasteiger charge is -2.11. The van der Waals surface area contributed by atoms with Crippen molar-refractivity contribution in [2.45, 2.75) is 20.8 Å². The Bertz CT molecular complexity index is 1010. The number of hydrogen-bond acceptors (Lipinski definition) is 3. The van der Waals surface area contributed by atoms with E-state index in [0.717, 1.165) is 5.69 Å². The van der Waals surface area contributed by atoms with E-state index in [4.69, 9.17) is 11.6 Å². The van der Waals surface area contributed by atoms with Gasteiger partial charge in [0, 0.05) is 35.9 Å². The average Bonchev–Trinajstić information content (AvgIpc) is 3.00. The zero-order chi connectivity index (χ0) is 19.6. The van der Waals surface area contributed by atoms with Crippen LogP contribution in [0.5, 0.6) is 0 Å². The van der Waals surface area contributed by atoms with Crippen LogP contribution in [0.3, 0.4) is 0 Å². The molecule has 140 valence electrons. The number of pyridine rings is 1. The van der Waals surface area contributed by atoms with E-state index < -0.39 is 0 Å². The number of aryl methyl sites for hydroxylation is 1.